The van der Waals surface area contributed by atoms with E-state index in [2.05, 4.69) is 5.32 Å². The zero-order valence-corrected chi connectivity index (χ0v) is 12.1. The molecule has 4 nitrogen and oxygen atoms in total. The molecule has 0 aromatic heterocycles. The van der Waals surface area contributed by atoms with Crippen molar-refractivity contribution >= 4 is 29.2 Å². The van der Waals surface area contributed by atoms with Gasteiger partial charge in [-0.1, -0.05) is 25.4 Å². The molecule has 1 atom stereocenters. The van der Waals surface area contributed by atoms with Crippen molar-refractivity contribution in [2.75, 3.05) is 5.32 Å². The van der Waals surface area contributed by atoms with E-state index >= 15 is 0 Å². The van der Waals surface area contributed by atoms with Gasteiger partial charge < -0.3 is 10.4 Å². The Hall–Kier alpha value is -1.62. The van der Waals surface area contributed by atoms with E-state index in [1.807, 2.05) is 6.92 Å². The number of carboxylic acids is 1. The van der Waals surface area contributed by atoms with Crippen LogP contribution in [0.3, 0.4) is 0 Å². The van der Waals surface area contributed by atoms with Gasteiger partial charge >= 0.3 is 5.97 Å². The summed E-state index contributed by atoms with van der Waals surface area (Å²) >= 11 is 5.62. The van der Waals surface area contributed by atoms with E-state index < -0.39 is 17.2 Å². The van der Waals surface area contributed by atoms with E-state index in [-0.39, 0.29) is 23.8 Å². The Morgan fingerprint density at radius 3 is 2.55 bits per heavy atom. The molecule has 0 saturated carbocycles. The second-order valence-corrected chi connectivity index (χ2v) is 5.50. The normalized spacial score (nSPS) is 13.6. The van der Waals surface area contributed by atoms with Crippen molar-refractivity contribution in [3.05, 3.63) is 29.0 Å². The van der Waals surface area contributed by atoms with Gasteiger partial charge in [0.1, 0.15) is 5.82 Å². The number of amides is 1. The van der Waals surface area contributed by atoms with Gasteiger partial charge in [-0.25, -0.2) is 4.39 Å². The summed E-state index contributed by atoms with van der Waals surface area (Å²) in [7, 11) is 0. The number of halogens is 2. The van der Waals surface area contributed by atoms with Crippen LogP contribution in [-0.2, 0) is 9.59 Å². The smallest absolute Gasteiger partial charge is 0.303 e. The predicted octanol–water partition coefficient (Wildman–Crippen LogP) is 3.70. The minimum absolute atomic E-state index is 0.0742. The van der Waals surface area contributed by atoms with E-state index in [1.54, 1.807) is 6.92 Å². The van der Waals surface area contributed by atoms with Crippen molar-refractivity contribution in [3.63, 3.8) is 0 Å². The number of aliphatic carboxylic acids is 1. The maximum Gasteiger partial charge on any atom is 0.303 e. The van der Waals surface area contributed by atoms with E-state index in [1.165, 1.54) is 12.1 Å². The van der Waals surface area contributed by atoms with Crippen LogP contribution in [0.1, 0.15) is 33.1 Å². The molecule has 1 amide bonds. The average molecular weight is 302 g/mol. The van der Waals surface area contributed by atoms with Crippen LogP contribution in [0.2, 0.25) is 5.02 Å². The molecule has 20 heavy (non-hydrogen) atoms. The molecule has 0 saturated heterocycles. The molecule has 2 N–H and O–H groups in total. The Kier molecular flexibility index (Phi) is 5.51. The molecule has 0 radical (unpaired) electrons. The highest BCUT2D eigenvalue weighted by molar-refractivity contribution is 6.31. The van der Waals surface area contributed by atoms with E-state index in [9.17, 15) is 14.0 Å². The lowest BCUT2D eigenvalue weighted by atomic mass is 9.80. The third-order valence-electron chi connectivity index (χ3n) is 3.22. The molecule has 0 aliphatic carbocycles. The van der Waals surface area contributed by atoms with Gasteiger partial charge in [-0.05, 0) is 30.0 Å². The summed E-state index contributed by atoms with van der Waals surface area (Å²) in [4.78, 5) is 22.7. The van der Waals surface area contributed by atoms with E-state index in [0.717, 1.165) is 6.07 Å². The van der Waals surface area contributed by atoms with Crippen molar-refractivity contribution in [2.24, 2.45) is 5.41 Å². The van der Waals surface area contributed by atoms with Crippen LogP contribution >= 0.6 is 11.6 Å². The molecule has 0 spiro atoms. The van der Waals surface area contributed by atoms with Crippen LogP contribution in [0.25, 0.3) is 0 Å². The Morgan fingerprint density at radius 2 is 2.05 bits per heavy atom. The third kappa shape index (κ3) is 4.81. The van der Waals surface area contributed by atoms with Gasteiger partial charge in [0.15, 0.2) is 0 Å². The molecule has 1 aromatic rings. The molecule has 110 valence electrons. The van der Waals surface area contributed by atoms with Crippen LogP contribution in [0.15, 0.2) is 18.2 Å². The lowest BCUT2D eigenvalue weighted by Gasteiger charge is -2.25. The van der Waals surface area contributed by atoms with Crippen molar-refractivity contribution < 1.29 is 19.1 Å². The summed E-state index contributed by atoms with van der Waals surface area (Å²) in [6.07, 6.45) is 0.558. The van der Waals surface area contributed by atoms with Crippen molar-refractivity contribution in [2.45, 2.75) is 33.1 Å². The maximum atomic E-state index is 13.0. The number of benzene rings is 1. The number of rotatable bonds is 6. The lowest BCUT2D eigenvalue weighted by molar-refractivity contribution is -0.140. The second-order valence-electron chi connectivity index (χ2n) is 5.09. The van der Waals surface area contributed by atoms with Crippen LogP contribution in [0.5, 0.6) is 0 Å². The summed E-state index contributed by atoms with van der Waals surface area (Å²) in [6, 6.07) is 3.88. The van der Waals surface area contributed by atoms with Gasteiger partial charge in [-0.2, -0.15) is 0 Å². The number of hydrogen-bond donors (Lipinski definition) is 2. The molecule has 0 aliphatic heterocycles. The molecular weight excluding hydrogens is 285 g/mol. The zero-order valence-electron chi connectivity index (χ0n) is 11.4. The summed E-state index contributed by atoms with van der Waals surface area (Å²) < 4.78 is 13.0. The van der Waals surface area contributed by atoms with Crippen molar-refractivity contribution in [3.8, 4) is 0 Å². The summed E-state index contributed by atoms with van der Waals surface area (Å²) in [6.45, 7) is 3.59. The molecule has 1 aromatic carbocycles. The SMILES string of the molecule is CCC(C)(CC(=O)O)CC(=O)Nc1ccc(F)c(Cl)c1. The molecular formula is C14H17ClFNO3. The number of carboxylic acid groups (broad SMARTS) is 1. The molecule has 0 aliphatic rings. The first kappa shape index (κ1) is 16.4. The third-order valence-corrected chi connectivity index (χ3v) is 3.51. The van der Waals surface area contributed by atoms with Gasteiger partial charge in [0.25, 0.3) is 0 Å². The first-order chi connectivity index (χ1) is 9.25. The summed E-state index contributed by atoms with van der Waals surface area (Å²) in [5.74, 6) is -1.82. The van der Waals surface area contributed by atoms with Gasteiger partial charge in [-0.15, -0.1) is 0 Å². The fourth-order valence-corrected chi connectivity index (χ4v) is 2.02. The standard InChI is InChI=1S/C14H17ClFNO3/c1-3-14(2,8-13(19)20)7-12(18)17-9-4-5-11(16)10(15)6-9/h4-6H,3,7-8H2,1-2H3,(H,17,18)(H,19,20). The van der Waals surface area contributed by atoms with E-state index in [0.29, 0.717) is 12.1 Å². The number of hydrogen-bond acceptors (Lipinski definition) is 2. The Morgan fingerprint density at radius 1 is 1.40 bits per heavy atom. The number of anilines is 1. The fourth-order valence-electron chi connectivity index (χ4n) is 1.84. The highest BCUT2D eigenvalue weighted by Gasteiger charge is 2.28. The molecule has 0 heterocycles. The minimum Gasteiger partial charge on any atom is -0.481 e. The largest absolute Gasteiger partial charge is 0.481 e. The first-order valence-corrected chi connectivity index (χ1v) is 6.60. The van der Waals surface area contributed by atoms with Crippen molar-refractivity contribution in [1.29, 1.82) is 0 Å². The highest BCUT2D eigenvalue weighted by Crippen LogP contribution is 2.30. The lowest BCUT2D eigenvalue weighted by Crippen LogP contribution is -2.27. The Labute approximate surface area is 121 Å². The predicted molar refractivity (Wildman–Crippen MR) is 75.3 cm³/mol. The fraction of sp³-hybridized carbons (Fsp3) is 0.429. The molecule has 0 bridgehead atoms. The number of carbonyl (C=O) groups excluding carboxylic acids is 1. The van der Waals surface area contributed by atoms with Crippen LogP contribution < -0.4 is 5.32 Å². The molecule has 6 heteroatoms. The molecule has 0 fully saturated rings. The van der Waals surface area contributed by atoms with Crippen LogP contribution in [0.4, 0.5) is 10.1 Å². The van der Waals surface area contributed by atoms with Gasteiger partial charge in [0.05, 0.1) is 11.4 Å². The first-order valence-electron chi connectivity index (χ1n) is 6.22. The van der Waals surface area contributed by atoms with Gasteiger partial charge in [0, 0.05) is 12.1 Å². The average Bonchev–Trinajstić information content (AvgIpc) is 2.32. The Bertz CT molecular complexity index is 521. The van der Waals surface area contributed by atoms with Crippen LogP contribution in [0, 0.1) is 11.2 Å². The monoisotopic (exact) mass is 301 g/mol. The van der Waals surface area contributed by atoms with E-state index in [4.69, 9.17) is 16.7 Å². The second kappa shape index (κ2) is 6.70. The Balaban J connectivity index is 2.70. The van der Waals surface area contributed by atoms with Crippen LogP contribution in [-0.4, -0.2) is 17.0 Å². The maximum absolute atomic E-state index is 13.0. The van der Waals surface area contributed by atoms with Crippen molar-refractivity contribution in [1.82, 2.24) is 0 Å². The number of carbonyl (C=O) groups is 2. The van der Waals surface area contributed by atoms with Gasteiger partial charge in [0.2, 0.25) is 5.91 Å². The molecule has 1 rings (SSSR count). The molecule has 1 unspecified atom stereocenters. The zero-order chi connectivity index (χ0) is 15.3. The van der Waals surface area contributed by atoms with Gasteiger partial charge in [-0.3, -0.25) is 9.59 Å². The number of nitrogens with one attached hydrogen (secondary N) is 1. The topological polar surface area (TPSA) is 66.4 Å². The summed E-state index contributed by atoms with van der Waals surface area (Å²) in [5, 5.41) is 11.4. The highest BCUT2D eigenvalue weighted by atomic mass is 35.5. The minimum atomic E-state index is -0.938. The quantitative estimate of drug-likeness (QED) is 0.842. The summed E-state index contributed by atoms with van der Waals surface area (Å²) in [5.41, 5.74) is -0.227.